The van der Waals surface area contributed by atoms with E-state index in [1.54, 1.807) is 6.92 Å². The highest BCUT2D eigenvalue weighted by atomic mass is 16.1. The molecule has 1 rings (SSSR count). The SMILES string of the molecule is CC(=O)CCN1CC(C)(C)C1. The quantitative estimate of drug-likeness (QED) is 0.612. The van der Waals surface area contributed by atoms with Crippen LogP contribution in [0.25, 0.3) is 0 Å². The maximum Gasteiger partial charge on any atom is 0.131 e. The third kappa shape index (κ3) is 2.62. The lowest BCUT2D eigenvalue weighted by molar-refractivity contribution is -0.118. The fraction of sp³-hybridized carbons (Fsp3) is 0.889. The summed E-state index contributed by atoms with van der Waals surface area (Å²) >= 11 is 0. The van der Waals surface area contributed by atoms with Crippen molar-refractivity contribution in [3.63, 3.8) is 0 Å². The monoisotopic (exact) mass is 155 g/mol. The van der Waals surface area contributed by atoms with Crippen LogP contribution in [0.2, 0.25) is 0 Å². The van der Waals surface area contributed by atoms with Gasteiger partial charge in [0.15, 0.2) is 0 Å². The Morgan fingerprint density at radius 2 is 2.00 bits per heavy atom. The first kappa shape index (κ1) is 8.72. The van der Waals surface area contributed by atoms with E-state index in [9.17, 15) is 4.79 Å². The Morgan fingerprint density at radius 1 is 1.45 bits per heavy atom. The molecule has 2 heteroatoms. The summed E-state index contributed by atoms with van der Waals surface area (Å²) in [6.07, 6.45) is 0.718. The van der Waals surface area contributed by atoms with Crippen molar-refractivity contribution in [1.82, 2.24) is 4.90 Å². The maximum absolute atomic E-state index is 10.6. The van der Waals surface area contributed by atoms with E-state index in [1.165, 1.54) is 0 Å². The number of carbonyl (C=O) groups excluding carboxylic acids is 1. The Hall–Kier alpha value is -0.370. The van der Waals surface area contributed by atoms with E-state index in [-0.39, 0.29) is 0 Å². The van der Waals surface area contributed by atoms with E-state index in [0.29, 0.717) is 11.2 Å². The number of hydrogen-bond acceptors (Lipinski definition) is 2. The zero-order valence-corrected chi connectivity index (χ0v) is 7.68. The zero-order valence-electron chi connectivity index (χ0n) is 7.68. The van der Waals surface area contributed by atoms with Crippen molar-refractivity contribution < 1.29 is 4.79 Å². The van der Waals surface area contributed by atoms with Gasteiger partial charge in [-0.1, -0.05) is 13.8 Å². The van der Waals surface area contributed by atoms with Crippen LogP contribution in [0.4, 0.5) is 0 Å². The Bertz CT molecular complexity index is 155. The molecule has 11 heavy (non-hydrogen) atoms. The number of hydrogen-bond donors (Lipinski definition) is 0. The number of Topliss-reactive ketones (excluding diaryl/α,β-unsaturated/α-hetero) is 1. The second-order valence-electron chi connectivity index (χ2n) is 4.33. The number of ketones is 1. The van der Waals surface area contributed by atoms with Gasteiger partial charge in [0, 0.05) is 26.1 Å². The van der Waals surface area contributed by atoms with Gasteiger partial charge in [0.25, 0.3) is 0 Å². The lowest BCUT2D eigenvalue weighted by Gasteiger charge is -2.45. The van der Waals surface area contributed by atoms with Crippen LogP contribution in [-0.2, 0) is 4.79 Å². The van der Waals surface area contributed by atoms with E-state index in [2.05, 4.69) is 18.7 Å². The van der Waals surface area contributed by atoms with Gasteiger partial charge in [-0.05, 0) is 12.3 Å². The first-order valence-corrected chi connectivity index (χ1v) is 4.21. The third-order valence-corrected chi connectivity index (χ3v) is 2.08. The van der Waals surface area contributed by atoms with Crippen LogP contribution in [0.15, 0.2) is 0 Å². The molecule has 0 atom stereocenters. The lowest BCUT2D eigenvalue weighted by Crippen LogP contribution is -2.53. The Morgan fingerprint density at radius 3 is 2.36 bits per heavy atom. The third-order valence-electron chi connectivity index (χ3n) is 2.08. The Labute approximate surface area is 68.6 Å². The van der Waals surface area contributed by atoms with Crippen molar-refractivity contribution in [3.05, 3.63) is 0 Å². The maximum atomic E-state index is 10.6. The standard InChI is InChI=1S/C9H17NO/c1-8(11)4-5-10-6-9(2,3)7-10/h4-7H2,1-3H3. The minimum absolute atomic E-state index is 0.301. The summed E-state index contributed by atoms with van der Waals surface area (Å²) in [5.41, 5.74) is 0.497. The molecule has 0 aliphatic carbocycles. The number of carbonyl (C=O) groups is 1. The molecule has 0 aromatic heterocycles. The highest BCUT2D eigenvalue weighted by Gasteiger charge is 2.33. The van der Waals surface area contributed by atoms with Crippen LogP contribution in [0.3, 0.4) is 0 Å². The summed E-state index contributed by atoms with van der Waals surface area (Å²) in [4.78, 5) is 13.0. The average Bonchev–Trinajstić information content (AvgIpc) is 1.78. The van der Waals surface area contributed by atoms with Crippen molar-refractivity contribution >= 4 is 5.78 Å². The topological polar surface area (TPSA) is 20.3 Å². The molecule has 0 saturated carbocycles. The highest BCUT2D eigenvalue weighted by Crippen LogP contribution is 2.28. The minimum Gasteiger partial charge on any atom is -0.302 e. The summed E-state index contributed by atoms with van der Waals surface area (Å²) in [5, 5.41) is 0. The van der Waals surface area contributed by atoms with E-state index in [0.717, 1.165) is 26.1 Å². The van der Waals surface area contributed by atoms with Gasteiger partial charge in [-0.15, -0.1) is 0 Å². The van der Waals surface area contributed by atoms with Crippen molar-refractivity contribution in [1.29, 1.82) is 0 Å². The minimum atomic E-state index is 0.301. The van der Waals surface area contributed by atoms with Gasteiger partial charge < -0.3 is 4.90 Å². The van der Waals surface area contributed by atoms with E-state index < -0.39 is 0 Å². The number of likely N-dealkylation sites (tertiary alicyclic amines) is 1. The fourth-order valence-electron chi connectivity index (χ4n) is 1.64. The molecule has 1 aliphatic heterocycles. The molecule has 1 aliphatic rings. The van der Waals surface area contributed by atoms with Gasteiger partial charge in [0.05, 0.1) is 0 Å². The van der Waals surface area contributed by atoms with Gasteiger partial charge >= 0.3 is 0 Å². The number of nitrogens with zero attached hydrogens (tertiary/aromatic N) is 1. The Balaban J connectivity index is 2.09. The zero-order chi connectivity index (χ0) is 8.48. The van der Waals surface area contributed by atoms with Gasteiger partial charge in [-0.25, -0.2) is 0 Å². The van der Waals surface area contributed by atoms with E-state index >= 15 is 0 Å². The molecule has 0 radical (unpaired) electrons. The molecule has 1 fully saturated rings. The molecule has 0 bridgehead atoms. The fourth-order valence-corrected chi connectivity index (χ4v) is 1.64. The molecule has 0 unspecified atom stereocenters. The van der Waals surface area contributed by atoms with Crippen LogP contribution in [-0.4, -0.2) is 30.3 Å². The first-order chi connectivity index (χ1) is 4.99. The van der Waals surface area contributed by atoms with Crippen LogP contribution in [0.5, 0.6) is 0 Å². The van der Waals surface area contributed by atoms with Crippen molar-refractivity contribution in [2.75, 3.05) is 19.6 Å². The van der Waals surface area contributed by atoms with Crippen molar-refractivity contribution in [2.45, 2.75) is 27.2 Å². The highest BCUT2D eigenvalue weighted by molar-refractivity contribution is 5.75. The van der Waals surface area contributed by atoms with Crippen LogP contribution in [0, 0.1) is 5.41 Å². The van der Waals surface area contributed by atoms with Gasteiger partial charge in [0.2, 0.25) is 0 Å². The first-order valence-electron chi connectivity index (χ1n) is 4.21. The van der Waals surface area contributed by atoms with Crippen LogP contribution >= 0.6 is 0 Å². The smallest absolute Gasteiger partial charge is 0.131 e. The molecule has 0 aromatic carbocycles. The average molecular weight is 155 g/mol. The van der Waals surface area contributed by atoms with Gasteiger partial charge in [-0.2, -0.15) is 0 Å². The summed E-state index contributed by atoms with van der Waals surface area (Å²) in [6.45, 7) is 9.44. The molecule has 2 nitrogen and oxygen atoms in total. The predicted octanol–water partition coefficient (Wildman–Crippen LogP) is 1.31. The lowest BCUT2D eigenvalue weighted by atomic mass is 9.84. The molecule has 0 spiro atoms. The van der Waals surface area contributed by atoms with E-state index in [4.69, 9.17) is 0 Å². The molecule has 1 saturated heterocycles. The number of rotatable bonds is 3. The van der Waals surface area contributed by atoms with Crippen molar-refractivity contribution in [2.24, 2.45) is 5.41 Å². The summed E-state index contributed by atoms with van der Waals surface area (Å²) in [7, 11) is 0. The largest absolute Gasteiger partial charge is 0.302 e. The molecule has 0 N–H and O–H groups in total. The molecule has 0 amide bonds. The predicted molar refractivity (Wildman–Crippen MR) is 45.5 cm³/mol. The summed E-state index contributed by atoms with van der Waals surface area (Å²) < 4.78 is 0. The summed E-state index contributed by atoms with van der Waals surface area (Å²) in [5.74, 6) is 0.301. The Kier molecular flexibility index (Phi) is 2.33. The molecule has 0 aromatic rings. The van der Waals surface area contributed by atoms with Crippen LogP contribution < -0.4 is 0 Å². The van der Waals surface area contributed by atoms with Gasteiger partial charge in [0.1, 0.15) is 5.78 Å². The van der Waals surface area contributed by atoms with Crippen LogP contribution in [0.1, 0.15) is 27.2 Å². The normalized spacial score (nSPS) is 22.8. The van der Waals surface area contributed by atoms with E-state index in [1.807, 2.05) is 0 Å². The second kappa shape index (κ2) is 2.94. The molecular formula is C9H17NO. The molecular weight excluding hydrogens is 138 g/mol. The summed E-state index contributed by atoms with van der Waals surface area (Å²) in [6, 6.07) is 0. The molecule has 64 valence electrons. The van der Waals surface area contributed by atoms with Gasteiger partial charge in [-0.3, -0.25) is 4.79 Å². The molecule has 1 heterocycles. The second-order valence-corrected chi connectivity index (χ2v) is 4.33. The van der Waals surface area contributed by atoms with Crippen molar-refractivity contribution in [3.8, 4) is 0 Å².